The molecule has 8 nitrogen and oxygen atoms in total. The van der Waals surface area contributed by atoms with Crippen LogP contribution >= 0.6 is 0 Å². The zero-order valence-electron chi connectivity index (χ0n) is 19.3. The van der Waals surface area contributed by atoms with Crippen molar-refractivity contribution < 1.29 is 14.3 Å². The van der Waals surface area contributed by atoms with E-state index in [1.807, 2.05) is 18.2 Å². The second-order valence-electron chi connectivity index (χ2n) is 10.2. The first-order valence-electron chi connectivity index (χ1n) is 11.3. The maximum Gasteiger partial charge on any atom is 0.315 e. The van der Waals surface area contributed by atoms with Gasteiger partial charge in [0.05, 0.1) is 31.2 Å². The van der Waals surface area contributed by atoms with Crippen molar-refractivity contribution in [2.45, 2.75) is 51.7 Å². The van der Waals surface area contributed by atoms with E-state index in [2.05, 4.69) is 49.2 Å². The highest BCUT2D eigenvalue weighted by molar-refractivity contribution is 5.82. The van der Waals surface area contributed by atoms with Gasteiger partial charge in [0.25, 0.3) is 0 Å². The summed E-state index contributed by atoms with van der Waals surface area (Å²) < 4.78 is 5.61. The van der Waals surface area contributed by atoms with Gasteiger partial charge in [0.2, 0.25) is 5.91 Å². The van der Waals surface area contributed by atoms with Crippen LogP contribution in [0.15, 0.2) is 30.3 Å². The Labute approximate surface area is 190 Å². The van der Waals surface area contributed by atoms with Gasteiger partial charge in [-0.1, -0.05) is 51.1 Å². The van der Waals surface area contributed by atoms with Gasteiger partial charge in [-0.15, -0.1) is 0 Å². The summed E-state index contributed by atoms with van der Waals surface area (Å²) in [4.78, 5) is 29.3. The molecule has 0 spiro atoms. The normalized spacial score (nSPS) is 25.2. The Balaban J connectivity index is 1.75. The molecule has 3 N–H and O–H groups in total. The number of hydrogen-bond donors (Lipinski definition) is 2. The number of nitrogens with two attached hydrogens (primary N) is 1. The number of amides is 3. The van der Waals surface area contributed by atoms with Crippen molar-refractivity contribution in [3.8, 4) is 6.07 Å². The lowest BCUT2D eigenvalue weighted by Crippen LogP contribution is -2.60. The summed E-state index contributed by atoms with van der Waals surface area (Å²) in [5.41, 5.74) is 5.68. The lowest BCUT2D eigenvalue weighted by Gasteiger charge is -2.41. The average Bonchev–Trinajstić information content (AvgIpc) is 3.15. The van der Waals surface area contributed by atoms with E-state index in [9.17, 15) is 14.9 Å². The smallest absolute Gasteiger partial charge is 0.315 e. The monoisotopic (exact) mass is 441 g/mol. The zero-order chi connectivity index (χ0) is 23.4. The molecule has 2 heterocycles. The Kier molecular flexibility index (Phi) is 7.42. The van der Waals surface area contributed by atoms with Crippen molar-refractivity contribution in [3.05, 3.63) is 35.9 Å². The number of hydrogen-bond acceptors (Lipinski definition) is 5. The maximum atomic E-state index is 13.6. The van der Waals surface area contributed by atoms with Crippen LogP contribution in [0.25, 0.3) is 0 Å². The zero-order valence-corrected chi connectivity index (χ0v) is 19.3. The predicted molar refractivity (Wildman–Crippen MR) is 121 cm³/mol. The molecule has 0 radical (unpaired) electrons. The molecule has 3 atom stereocenters. The summed E-state index contributed by atoms with van der Waals surface area (Å²) in [6.07, 6.45) is 1.11. The minimum Gasteiger partial charge on any atom is -0.377 e. The van der Waals surface area contributed by atoms with Crippen molar-refractivity contribution in [2.75, 3.05) is 32.8 Å². The Bertz CT molecular complexity index is 847. The molecule has 8 heteroatoms. The van der Waals surface area contributed by atoms with Crippen LogP contribution in [0.4, 0.5) is 4.79 Å². The number of nitrogens with one attached hydrogen (secondary N) is 1. The molecule has 1 aromatic rings. The van der Waals surface area contributed by atoms with Gasteiger partial charge in [0.1, 0.15) is 5.54 Å². The summed E-state index contributed by atoms with van der Waals surface area (Å²) in [7, 11) is 0. The van der Waals surface area contributed by atoms with Crippen LogP contribution in [0.2, 0.25) is 0 Å². The van der Waals surface area contributed by atoms with E-state index < -0.39 is 23.5 Å². The van der Waals surface area contributed by atoms with E-state index in [1.165, 1.54) is 10.5 Å². The van der Waals surface area contributed by atoms with E-state index >= 15 is 0 Å². The molecule has 3 amide bonds. The van der Waals surface area contributed by atoms with Crippen LogP contribution in [-0.2, 0) is 16.1 Å². The van der Waals surface area contributed by atoms with Crippen LogP contribution in [0.3, 0.4) is 0 Å². The van der Waals surface area contributed by atoms with Crippen LogP contribution in [0, 0.1) is 22.7 Å². The number of nitrogens with zero attached hydrogens (tertiary/aromatic N) is 3. The van der Waals surface area contributed by atoms with E-state index in [0.717, 1.165) is 13.1 Å². The third-order valence-electron chi connectivity index (χ3n) is 6.26. The lowest BCUT2D eigenvalue weighted by atomic mass is 9.79. The van der Waals surface area contributed by atoms with Gasteiger partial charge in [-0.2, -0.15) is 5.26 Å². The van der Waals surface area contributed by atoms with Crippen molar-refractivity contribution in [1.29, 1.82) is 5.26 Å². The number of urea groups is 1. The summed E-state index contributed by atoms with van der Waals surface area (Å²) in [6.45, 7) is 9.13. The molecule has 32 heavy (non-hydrogen) atoms. The highest BCUT2D eigenvalue weighted by atomic mass is 16.5. The average molecular weight is 442 g/mol. The highest BCUT2D eigenvalue weighted by Crippen LogP contribution is 2.31. The standard InChI is InChI=1S/C24H35N5O3/c1-23(2,3)13-19(20-15-32-12-11-29(20)22(26)31)21(30)27-24(16-25)9-10-28(17-24)14-18-7-5-4-6-8-18/h4-8,19-20H,9-15,17H2,1-3H3,(H2,26,31)(H,27,30). The number of benzene rings is 1. The molecule has 2 saturated heterocycles. The fraction of sp³-hybridized carbons (Fsp3) is 0.625. The number of primary amides is 1. The molecule has 3 unspecified atom stereocenters. The minimum atomic E-state index is -0.949. The fourth-order valence-electron chi connectivity index (χ4n) is 4.71. The van der Waals surface area contributed by atoms with Gasteiger partial charge in [0.15, 0.2) is 0 Å². The molecule has 174 valence electrons. The van der Waals surface area contributed by atoms with Crippen molar-refractivity contribution >= 4 is 11.9 Å². The molecule has 0 aromatic heterocycles. The number of carbonyl (C=O) groups is 2. The van der Waals surface area contributed by atoms with E-state index in [4.69, 9.17) is 10.5 Å². The summed E-state index contributed by atoms with van der Waals surface area (Å²) in [5, 5.41) is 13.1. The number of nitriles is 1. The first-order valence-corrected chi connectivity index (χ1v) is 11.3. The highest BCUT2D eigenvalue weighted by Gasteiger charge is 2.44. The Morgan fingerprint density at radius 1 is 1.31 bits per heavy atom. The first-order chi connectivity index (χ1) is 15.1. The summed E-state index contributed by atoms with van der Waals surface area (Å²) in [5.74, 6) is -0.735. The third-order valence-corrected chi connectivity index (χ3v) is 6.26. The molecule has 3 rings (SSSR count). The molecule has 0 saturated carbocycles. The Hall–Kier alpha value is -2.63. The number of carbonyl (C=O) groups excluding carboxylic acids is 2. The van der Waals surface area contributed by atoms with Crippen molar-refractivity contribution in [2.24, 2.45) is 17.1 Å². The number of ether oxygens (including phenoxy) is 1. The SMILES string of the molecule is CC(C)(C)CC(C(=O)NC1(C#N)CCN(Cc2ccccc2)C1)C1COCCN1C(N)=O. The Morgan fingerprint density at radius 2 is 2.03 bits per heavy atom. The number of morpholine rings is 1. The van der Waals surface area contributed by atoms with Crippen LogP contribution in [0.5, 0.6) is 0 Å². The van der Waals surface area contributed by atoms with Crippen molar-refractivity contribution in [3.63, 3.8) is 0 Å². The number of rotatable bonds is 6. The fourth-order valence-corrected chi connectivity index (χ4v) is 4.71. The maximum absolute atomic E-state index is 13.6. The molecule has 1 aromatic carbocycles. The summed E-state index contributed by atoms with van der Waals surface area (Å²) in [6, 6.07) is 11.5. The van der Waals surface area contributed by atoms with E-state index in [-0.39, 0.29) is 17.9 Å². The largest absolute Gasteiger partial charge is 0.377 e. The van der Waals surface area contributed by atoms with Gasteiger partial charge in [-0.3, -0.25) is 9.69 Å². The van der Waals surface area contributed by atoms with Gasteiger partial charge in [0, 0.05) is 26.2 Å². The van der Waals surface area contributed by atoms with Crippen LogP contribution in [0.1, 0.15) is 39.2 Å². The van der Waals surface area contributed by atoms with Gasteiger partial charge >= 0.3 is 6.03 Å². The second-order valence-corrected chi connectivity index (χ2v) is 10.2. The molecule has 2 aliphatic rings. The molecular weight excluding hydrogens is 406 g/mol. The molecule has 2 aliphatic heterocycles. The van der Waals surface area contributed by atoms with E-state index in [1.54, 1.807) is 0 Å². The van der Waals surface area contributed by atoms with Gasteiger partial charge < -0.3 is 20.7 Å². The Morgan fingerprint density at radius 3 is 2.66 bits per heavy atom. The molecular formula is C24H35N5O3. The van der Waals surface area contributed by atoms with Crippen LogP contribution in [-0.4, -0.2) is 66.2 Å². The minimum absolute atomic E-state index is 0.155. The molecule has 2 fully saturated rings. The first kappa shape index (κ1) is 24.0. The predicted octanol–water partition coefficient (Wildman–Crippen LogP) is 2.10. The van der Waals surface area contributed by atoms with Crippen molar-refractivity contribution in [1.82, 2.24) is 15.1 Å². The topological polar surface area (TPSA) is 112 Å². The molecule has 0 bridgehead atoms. The van der Waals surface area contributed by atoms with Crippen LogP contribution < -0.4 is 11.1 Å². The number of likely N-dealkylation sites (tertiary alicyclic amines) is 1. The van der Waals surface area contributed by atoms with Gasteiger partial charge in [-0.05, 0) is 23.8 Å². The van der Waals surface area contributed by atoms with Gasteiger partial charge in [-0.25, -0.2) is 4.79 Å². The molecule has 0 aliphatic carbocycles. The third kappa shape index (κ3) is 5.99. The quantitative estimate of drug-likeness (QED) is 0.702. The second kappa shape index (κ2) is 9.88. The lowest BCUT2D eigenvalue weighted by molar-refractivity contribution is -0.132. The van der Waals surface area contributed by atoms with E-state index in [0.29, 0.717) is 32.5 Å². The summed E-state index contributed by atoms with van der Waals surface area (Å²) >= 11 is 0.